The van der Waals surface area contributed by atoms with Crippen molar-refractivity contribution in [3.63, 3.8) is 0 Å². The van der Waals surface area contributed by atoms with Crippen LogP contribution in [0.4, 0.5) is 0 Å². The molecule has 0 radical (unpaired) electrons. The number of hydrogen-bond acceptors (Lipinski definition) is 5. The van der Waals surface area contributed by atoms with E-state index < -0.39 is 0 Å². The number of likely N-dealkylation sites (tertiary alicyclic amines) is 1. The first kappa shape index (κ1) is 18.4. The highest BCUT2D eigenvalue weighted by atomic mass is 16.5. The average molecular weight is 379 g/mol. The molecular weight excluding hydrogens is 354 g/mol. The standard InChI is InChI=1S/C21H25N5O2/c1-28-17-5-2-4-15(12-17)13-19(27)25-10-7-16(14-25)20-18-6-3-9-23-21(18)26(24-20)11-8-22/h2-6,9,12,16H,7-8,10-11,13-14,22H2,1H3/t16-/m0/s1. The fourth-order valence-corrected chi connectivity index (χ4v) is 3.89. The molecule has 0 spiro atoms. The highest BCUT2D eigenvalue weighted by molar-refractivity contribution is 5.81. The molecule has 4 rings (SSSR count). The summed E-state index contributed by atoms with van der Waals surface area (Å²) in [6.07, 6.45) is 3.07. The summed E-state index contributed by atoms with van der Waals surface area (Å²) >= 11 is 0. The number of amides is 1. The highest BCUT2D eigenvalue weighted by Gasteiger charge is 2.30. The van der Waals surface area contributed by atoms with E-state index in [4.69, 9.17) is 15.6 Å². The fourth-order valence-electron chi connectivity index (χ4n) is 3.89. The molecule has 146 valence electrons. The third kappa shape index (κ3) is 3.57. The van der Waals surface area contributed by atoms with E-state index in [1.165, 1.54) is 0 Å². The number of aromatic nitrogens is 3. The van der Waals surface area contributed by atoms with Gasteiger partial charge in [-0.2, -0.15) is 5.10 Å². The molecule has 2 aromatic heterocycles. The summed E-state index contributed by atoms with van der Waals surface area (Å²) in [6.45, 7) is 2.59. The Hall–Kier alpha value is -2.93. The second kappa shape index (κ2) is 7.98. The van der Waals surface area contributed by atoms with Gasteiger partial charge in [0.25, 0.3) is 0 Å². The van der Waals surface area contributed by atoms with Gasteiger partial charge in [0.05, 0.1) is 25.8 Å². The maximum Gasteiger partial charge on any atom is 0.227 e. The van der Waals surface area contributed by atoms with Crippen molar-refractivity contribution in [1.82, 2.24) is 19.7 Å². The van der Waals surface area contributed by atoms with Gasteiger partial charge in [0.2, 0.25) is 5.91 Å². The average Bonchev–Trinajstić information content (AvgIpc) is 3.34. The number of nitrogens with zero attached hydrogens (tertiary/aromatic N) is 4. The van der Waals surface area contributed by atoms with Gasteiger partial charge in [-0.25, -0.2) is 9.67 Å². The van der Waals surface area contributed by atoms with Crippen molar-refractivity contribution < 1.29 is 9.53 Å². The van der Waals surface area contributed by atoms with Gasteiger partial charge < -0.3 is 15.4 Å². The topological polar surface area (TPSA) is 86.3 Å². The number of benzene rings is 1. The number of ether oxygens (including phenoxy) is 1. The van der Waals surface area contributed by atoms with Crippen molar-refractivity contribution in [2.75, 3.05) is 26.7 Å². The monoisotopic (exact) mass is 379 g/mol. The van der Waals surface area contributed by atoms with Crippen molar-refractivity contribution in [1.29, 1.82) is 0 Å². The Morgan fingerprint density at radius 3 is 3.04 bits per heavy atom. The first-order valence-corrected chi connectivity index (χ1v) is 9.62. The molecule has 2 N–H and O–H groups in total. The van der Waals surface area contributed by atoms with Crippen LogP contribution in [0.5, 0.6) is 5.75 Å². The van der Waals surface area contributed by atoms with Crippen molar-refractivity contribution >= 4 is 16.9 Å². The second-order valence-electron chi connectivity index (χ2n) is 7.13. The molecule has 1 aliphatic heterocycles. The van der Waals surface area contributed by atoms with Gasteiger partial charge in [0.15, 0.2) is 5.65 Å². The van der Waals surface area contributed by atoms with Gasteiger partial charge in [-0.1, -0.05) is 12.1 Å². The van der Waals surface area contributed by atoms with E-state index in [2.05, 4.69) is 11.1 Å². The normalized spacial score (nSPS) is 16.6. The van der Waals surface area contributed by atoms with Crippen molar-refractivity contribution in [2.45, 2.75) is 25.3 Å². The maximum absolute atomic E-state index is 12.8. The number of pyridine rings is 1. The van der Waals surface area contributed by atoms with Crippen LogP contribution in [0.2, 0.25) is 0 Å². The summed E-state index contributed by atoms with van der Waals surface area (Å²) in [7, 11) is 1.63. The quantitative estimate of drug-likeness (QED) is 0.707. The Bertz CT molecular complexity index is 984. The summed E-state index contributed by atoms with van der Waals surface area (Å²) in [6, 6.07) is 11.7. The molecule has 3 aromatic rings. The van der Waals surface area contributed by atoms with Gasteiger partial charge >= 0.3 is 0 Å². The first-order chi connectivity index (χ1) is 13.7. The molecule has 7 heteroatoms. The minimum atomic E-state index is 0.138. The van der Waals surface area contributed by atoms with E-state index in [-0.39, 0.29) is 11.8 Å². The Labute approximate surface area is 164 Å². The Kier molecular flexibility index (Phi) is 5.25. The van der Waals surface area contributed by atoms with Crippen LogP contribution in [0.15, 0.2) is 42.6 Å². The smallest absolute Gasteiger partial charge is 0.227 e. The Morgan fingerprint density at radius 2 is 2.21 bits per heavy atom. The van der Waals surface area contributed by atoms with Gasteiger partial charge in [-0.15, -0.1) is 0 Å². The molecule has 0 aliphatic carbocycles. The van der Waals surface area contributed by atoms with Gasteiger partial charge in [0.1, 0.15) is 5.75 Å². The summed E-state index contributed by atoms with van der Waals surface area (Å²) in [5.74, 6) is 1.13. The zero-order chi connectivity index (χ0) is 19.5. The van der Waals surface area contributed by atoms with Crippen LogP contribution in [-0.4, -0.2) is 52.3 Å². The van der Waals surface area contributed by atoms with E-state index >= 15 is 0 Å². The molecule has 0 bridgehead atoms. The number of nitrogens with two attached hydrogens (primary N) is 1. The van der Waals surface area contributed by atoms with Crippen LogP contribution < -0.4 is 10.5 Å². The molecule has 1 atom stereocenters. The van der Waals surface area contributed by atoms with E-state index in [1.807, 2.05) is 39.9 Å². The molecular formula is C21H25N5O2. The molecule has 1 aliphatic rings. The molecule has 1 aromatic carbocycles. The van der Waals surface area contributed by atoms with Crippen molar-refractivity contribution in [3.05, 3.63) is 53.9 Å². The van der Waals surface area contributed by atoms with Crippen LogP contribution in [0.3, 0.4) is 0 Å². The minimum Gasteiger partial charge on any atom is -0.497 e. The van der Waals surface area contributed by atoms with E-state index in [9.17, 15) is 4.79 Å². The number of carbonyl (C=O) groups is 1. The van der Waals surface area contributed by atoms with Gasteiger partial charge in [-0.3, -0.25) is 4.79 Å². The summed E-state index contributed by atoms with van der Waals surface area (Å²) in [5, 5.41) is 5.84. The lowest BCUT2D eigenvalue weighted by Crippen LogP contribution is -2.30. The molecule has 1 amide bonds. The summed E-state index contributed by atoms with van der Waals surface area (Å²) in [4.78, 5) is 19.2. The zero-order valence-electron chi connectivity index (χ0n) is 16.0. The number of carbonyl (C=O) groups excluding carboxylic acids is 1. The fraction of sp³-hybridized carbons (Fsp3) is 0.381. The van der Waals surface area contributed by atoms with Crippen molar-refractivity contribution in [2.24, 2.45) is 5.73 Å². The SMILES string of the molecule is COc1cccc(CC(=O)N2CC[C@H](c3nn(CCN)c4ncccc34)C2)c1. The predicted octanol–water partition coefficient (Wildman–Crippen LogP) is 1.96. The zero-order valence-corrected chi connectivity index (χ0v) is 16.0. The number of hydrogen-bond donors (Lipinski definition) is 1. The van der Waals surface area contributed by atoms with E-state index in [0.717, 1.165) is 41.0 Å². The van der Waals surface area contributed by atoms with Crippen LogP contribution >= 0.6 is 0 Å². The Morgan fingerprint density at radius 1 is 1.32 bits per heavy atom. The minimum absolute atomic E-state index is 0.138. The molecule has 0 saturated carbocycles. The van der Waals surface area contributed by atoms with Gasteiger partial charge in [-0.05, 0) is 36.2 Å². The molecule has 28 heavy (non-hydrogen) atoms. The Balaban J connectivity index is 1.49. The first-order valence-electron chi connectivity index (χ1n) is 9.62. The largest absolute Gasteiger partial charge is 0.497 e. The molecule has 7 nitrogen and oxygen atoms in total. The third-order valence-corrected chi connectivity index (χ3v) is 5.29. The molecule has 1 fully saturated rings. The maximum atomic E-state index is 12.8. The van der Waals surface area contributed by atoms with E-state index in [0.29, 0.717) is 26.1 Å². The van der Waals surface area contributed by atoms with Crippen LogP contribution in [0, 0.1) is 0 Å². The number of fused-ring (bicyclic) bond motifs is 1. The van der Waals surface area contributed by atoms with Crippen molar-refractivity contribution in [3.8, 4) is 5.75 Å². The van der Waals surface area contributed by atoms with E-state index in [1.54, 1.807) is 13.3 Å². The predicted molar refractivity (Wildman–Crippen MR) is 107 cm³/mol. The molecule has 1 saturated heterocycles. The van der Waals surface area contributed by atoms with Crippen LogP contribution in [0.1, 0.15) is 23.6 Å². The third-order valence-electron chi connectivity index (χ3n) is 5.29. The lowest BCUT2D eigenvalue weighted by atomic mass is 10.0. The number of methoxy groups -OCH3 is 1. The highest BCUT2D eigenvalue weighted by Crippen LogP contribution is 2.31. The lowest BCUT2D eigenvalue weighted by Gasteiger charge is -2.16. The summed E-state index contributed by atoms with van der Waals surface area (Å²) < 4.78 is 7.13. The molecule has 0 unspecified atom stereocenters. The van der Waals surface area contributed by atoms with Gasteiger partial charge in [0, 0.05) is 37.1 Å². The van der Waals surface area contributed by atoms with Crippen LogP contribution in [0.25, 0.3) is 11.0 Å². The second-order valence-corrected chi connectivity index (χ2v) is 7.13. The molecule has 3 heterocycles. The summed E-state index contributed by atoms with van der Waals surface area (Å²) in [5.41, 5.74) is 8.57. The van der Waals surface area contributed by atoms with Crippen LogP contribution in [-0.2, 0) is 17.8 Å². The lowest BCUT2D eigenvalue weighted by molar-refractivity contribution is -0.129. The number of rotatable bonds is 6.